The van der Waals surface area contributed by atoms with Crippen molar-refractivity contribution in [3.63, 3.8) is 0 Å². The van der Waals surface area contributed by atoms with Crippen LogP contribution in [-0.4, -0.2) is 64.3 Å². The van der Waals surface area contributed by atoms with Crippen LogP contribution in [0.1, 0.15) is 10.4 Å². The first-order valence-electron chi connectivity index (χ1n) is 8.87. The number of tetrazole rings is 1. The van der Waals surface area contributed by atoms with Crippen LogP contribution >= 0.6 is 11.6 Å². The van der Waals surface area contributed by atoms with Gasteiger partial charge in [0.15, 0.2) is 0 Å². The quantitative estimate of drug-likeness (QED) is 0.671. The third-order valence-corrected chi connectivity index (χ3v) is 5.11. The molecule has 0 atom stereocenters. The van der Waals surface area contributed by atoms with Gasteiger partial charge in [-0.25, -0.2) is 4.68 Å². The Hall–Kier alpha value is -3.13. The van der Waals surface area contributed by atoms with E-state index in [0.29, 0.717) is 29.4 Å². The van der Waals surface area contributed by atoms with Crippen molar-refractivity contribution >= 4 is 23.2 Å². The average Bonchev–Trinajstić information content (AvgIpc) is 3.29. The molecule has 1 aromatic heterocycles. The van der Waals surface area contributed by atoms with Crippen molar-refractivity contribution in [2.75, 3.05) is 38.2 Å². The average molecular weight is 399 g/mol. The number of benzene rings is 2. The van der Waals surface area contributed by atoms with Gasteiger partial charge in [0, 0.05) is 37.9 Å². The molecule has 8 nitrogen and oxygen atoms in total. The Morgan fingerprint density at radius 3 is 2.61 bits per heavy atom. The zero-order valence-corrected chi connectivity index (χ0v) is 16.1. The van der Waals surface area contributed by atoms with Gasteiger partial charge in [-0.1, -0.05) is 17.7 Å². The van der Waals surface area contributed by atoms with E-state index in [1.807, 2.05) is 29.2 Å². The molecule has 0 N–H and O–H groups in total. The Bertz CT molecular complexity index is 970. The third-order valence-electron chi connectivity index (χ3n) is 4.78. The maximum atomic E-state index is 13.0. The van der Waals surface area contributed by atoms with Gasteiger partial charge >= 0.3 is 0 Å². The summed E-state index contributed by atoms with van der Waals surface area (Å²) in [5, 5.41) is 11.5. The summed E-state index contributed by atoms with van der Waals surface area (Å²) < 4.78 is 6.79. The van der Waals surface area contributed by atoms with Crippen molar-refractivity contribution < 1.29 is 9.53 Å². The Balaban J connectivity index is 1.47. The minimum Gasteiger partial charge on any atom is -0.497 e. The fourth-order valence-corrected chi connectivity index (χ4v) is 3.44. The lowest BCUT2D eigenvalue weighted by Crippen LogP contribution is -2.48. The highest BCUT2D eigenvalue weighted by molar-refractivity contribution is 6.33. The van der Waals surface area contributed by atoms with Crippen LogP contribution in [0.25, 0.3) is 5.69 Å². The molecule has 1 saturated heterocycles. The fraction of sp³-hybridized carbons (Fsp3) is 0.263. The van der Waals surface area contributed by atoms with Crippen LogP contribution < -0.4 is 9.64 Å². The van der Waals surface area contributed by atoms with Gasteiger partial charge in [-0.2, -0.15) is 0 Å². The molecule has 0 saturated carbocycles. The summed E-state index contributed by atoms with van der Waals surface area (Å²) in [4.78, 5) is 17.1. The first kappa shape index (κ1) is 18.2. The highest BCUT2D eigenvalue weighted by Gasteiger charge is 2.24. The first-order valence-corrected chi connectivity index (χ1v) is 9.24. The molecule has 0 spiro atoms. The van der Waals surface area contributed by atoms with Gasteiger partial charge in [0.25, 0.3) is 5.91 Å². The van der Waals surface area contributed by atoms with E-state index in [2.05, 4.69) is 20.4 Å². The Labute approximate surface area is 167 Å². The van der Waals surface area contributed by atoms with E-state index in [4.69, 9.17) is 16.3 Å². The zero-order valence-electron chi connectivity index (χ0n) is 15.3. The standard InChI is InChI=1S/C19H19ClN6O2/c1-28-16-4-2-3-14(11-16)24-7-9-25(10-8-24)19(27)17-12-15(5-6-18(17)20)26-13-21-22-23-26/h2-6,11-13H,7-10H2,1H3. The number of amides is 1. The highest BCUT2D eigenvalue weighted by Crippen LogP contribution is 2.24. The second kappa shape index (κ2) is 7.85. The van der Waals surface area contributed by atoms with Gasteiger partial charge in [0.05, 0.1) is 23.4 Å². The highest BCUT2D eigenvalue weighted by atomic mass is 35.5. The molecule has 1 aliphatic rings. The lowest BCUT2D eigenvalue weighted by Gasteiger charge is -2.36. The largest absolute Gasteiger partial charge is 0.497 e. The van der Waals surface area contributed by atoms with Gasteiger partial charge in [-0.3, -0.25) is 4.79 Å². The summed E-state index contributed by atoms with van der Waals surface area (Å²) in [5.74, 6) is 0.729. The molecule has 9 heteroatoms. The van der Waals surface area contributed by atoms with Crippen molar-refractivity contribution in [3.8, 4) is 11.4 Å². The number of nitrogens with zero attached hydrogens (tertiary/aromatic N) is 6. The van der Waals surface area contributed by atoms with Crippen LogP contribution in [0.2, 0.25) is 5.02 Å². The van der Waals surface area contributed by atoms with E-state index in [-0.39, 0.29) is 5.91 Å². The predicted molar refractivity (Wildman–Crippen MR) is 105 cm³/mol. The number of rotatable bonds is 4. The summed E-state index contributed by atoms with van der Waals surface area (Å²) in [7, 11) is 1.66. The van der Waals surface area contributed by atoms with Crippen LogP contribution in [0, 0.1) is 0 Å². The molecule has 1 fully saturated rings. The van der Waals surface area contributed by atoms with E-state index in [9.17, 15) is 4.79 Å². The van der Waals surface area contributed by atoms with Crippen molar-refractivity contribution in [1.82, 2.24) is 25.1 Å². The van der Waals surface area contributed by atoms with Crippen molar-refractivity contribution in [2.24, 2.45) is 0 Å². The normalized spacial score (nSPS) is 14.2. The minimum atomic E-state index is -0.0924. The number of anilines is 1. The number of aromatic nitrogens is 4. The van der Waals surface area contributed by atoms with E-state index in [0.717, 1.165) is 24.5 Å². The number of ether oxygens (including phenoxy) is 1. The lowest BCUT2D eigenvalue weighted by atomic mass is 10.1. The molecule has 3 aromatic rings. The maximum absolute atomic E-state index is 13.0. The van der Waals surface area contributed by atoms with Crippen molar-refractivity contribution in [3.05, 3.63) is 59.4 Å². The van der Waals surface area contributed by atoms with Crippen molar-refractivity contribution in [1.29, 1.82) is 0 Å². The van der Waals surface area contributed by atoms with Gasteiger partial charge in [-0.15, -0.1) is 5.10 Å². The molecule has 0 unspecified atom stereocenters. The second-order valence-corrected chi connectivity index (χ2v) is 6.81. The molecule has 144 valence electrons. The van der Waals surface area contributed by atoms with Crippen LogP contribution in [0.3, 0.4) is 0 Å². The molecule has 4 rings (SSSR count). The zero-order chi connectivity index (χ0) is 19.5. The molecule has 1 aliphatic heterocycles. The van der Waals surface area contributed by atoms with Crippen molar-refractivity contribution in [2.45, 2.75) is 0 Å². The van der Waals surface area contributed by atoms with E-state index in [1.165, 1.54) is 11.0 Å². The molecule has 0 bridgehead atoms. The SMILES string of the molecule is COc1cccc(N2CCN(C(=O)c3cc(-n4cnnn4)ccc3Cl)CC2)c1. The van der Waals surface area contributed by atoms with E-state index >= 15 is 0 Å². The van der Waals surface area contributed by atoms with Crippen LogP contribution in [0.5, 0.6) is 5.75 Å². The molecule has 2 aromatic carbocycles. The van der Waals surface area contributed by atoms with Gasteiger partial charge < -0.3 is 14.5 Å². The molecule has 1 amide bonds. The second-order valence-electron chi connectivity index (χ2n) is 6.40. The minimum absolute atomic E-state index is 0.0924. The summed E-state index contributed by atoms with van der Waals surface area (Å²) in [6.07, 6.45) is 1.48. The smallest absolute Gasteiger partial charge is 0.255 e. The summed E-state index contributed by atoms with van der Waals surface area (Å²) in [6, 6.07) is 13.1. The monoisotopic (exact) mass is 398 g/mol. The van der Waals surface area contributed by atoms with Gasteiger partial charge in [-0.05, 0) is 40.8 Å². The number of hydrogen-bond donors (Lipinski definition) is 0. The molecular formula is C19H19ClN6O2. The van der Waals surface area contributed by atoms with Crippen LogP contribution in [0.4, 0.5) is 5.69 Å². The molecule has 0 radical (unpaired) electrons. The van der Waals surface area contributed by atoms with Crippen LogP contribution in [-0.2, 0) is 0 Å². The summed E-state index contributed by atoms with van der Waals surface area (Å²) >= 11 is 6.30. The Morgan fingerprint density at radius 2 is 1.89 bits per heavy atom. The molecular weight excluding hydrogens is 380 g/mol. The number of halogens is 1. The fourth-order valence-electron chi connectivity index (χ4n) is 3.24. The number of carbonyl (C=O) groups excluding carboxylic acids is 1. The number of methoxy groups -OCH3 is 1. The summed E-state index contributed by atoms with van der Waals surface area (Å²) in [6.45, 7) is 2.70. The topological polar surface area (TPSA) is 76.4 Å². The number of carbonyl (C=O) groups is 1. The molecule has 2 heterocycles. The van der Waals surface area contributed by atoms with E-state index in [1.54, 1.807) is 25.3 Å². The lowest BCUT2D eigenvalue weighted by molar-refractivity contribution is 0.0747. The third kappa shape index (κ3) is 3.63. The number of piperazine rings is 1. The number of hydrogen-bond acceptors (Lipinski definition) is 6. The molecule has 0 aliphatic carbocycles. The maximum Gasteiger partial charge on any atom is 0.255 e. The predicted octanol–water partition coefficient (Wildman–Crippen LogP) is 2.29. The molecule has 28 heavy (non-hydrogen) atoms. The van der Waals surface area contributed by atoms with Crippen LogP contribution in [0.15, 0.2) is 48.8 Å². The van der Waals surface area contributed by atoms with E-state index < -0.39 is 0 Å². The Morgan fingerprint density at radius 1 is 1.07 bits per heavy atom. The van der Waals surface area contributed by atoms with Gasteiger partial charge in [0.2, 0.25) is 0 Å². The summed E-state index contributed by atoms with van der Waals surface area (Å²) in [5.41, 5.74) is 2.22. The first-order chi connectivity index (χ1) is 13.7. The van der Waals surface area contributed by atoms with Gasteiger partial charge in [0.1, 0.15) is 12.1 Å². The Kier molecular flexibility index (Phi) is 5.12.